The van der Waals surface area contributed by atoms with Gasteiger partial charge in [-0.1, -0.05) is 70.8 Å². The van der Waals surface area contributed by atoms with E-state index < -0.39 is 72.2 Å². The lowest BCUT2D eigenvalue weighted by Gasteiger charge is -2.25. The molecule has 0 saturated heterocycles. The minimum Gasteiger partial charge on any atom is -0.478 e. The molecule has 4 rings (SSSR count). The lowest BCUT2D eigenvalue weighted by atomic mass is 10.1. The van der Waals surface area contributed by atoms with E-state index >= 15 is 0 Å². The fourth-order valence-corrected chi connectivity index (χ4v) is 4.66. The smallest absolute Gasteiger partial charge is 0.359 e. The highest BCUT2D eigenvalue weighted by Gasteiger charge is 2.47. The van der Waals surface area contributed by atoms with Crippen molar-refractivity contribution in [3.63, 3.8) is 0 Å². The molecule has 284 valence electrons. The molecule has 0 aliphatic carbocycles. The highest BCUT2D eigenvalue weighted by molar-refractivity contribution is 6.01. The number of esters is 6. The van der Waals surface area contributed by atoms with Crippen molar-refractivity contribution in [1.29, 1.82) is 0 Å². The summed E-state index contributed by atoms with van der Waals surface area (Å²) in [5.41, 5.74) is 2.21. The molecule has 55 heavy (non-hydrogen) atoms. The predicted octanol–water partition coefficient (Wildman–Crippen LogP) is 4.36. The molecular formula is C40H34O15. The van der Waals surface area contributed by atoms with Gasteiger partial charge in [-0.3, -0.25) is 0 Å². The van der Waals surface area contributed by atoms with Crippen molar-refractivity contribution in [2.45, 2.75) is 52.1 Å². The van der Waals surface area contributed by atoms with Gasteiger partial charge in [-0.15, -0.1) is 0 Å². The SMILES string of the molecule is Cc1ccc(C(=O)OC(C(=O)O)C(OC(=O)c2ccc(C)cc2)C(=O)OC(=O)C(OC(=O)c2ccc(C)cc2)C(OC(=O)c2ccc(C)cc2)C(=O)O)cc1. The van der Waals surface area contributed by atoms with E-state index in [-0.39, 0.29) is 22.3 Å². The second-order valence-corrected chi connectivity index (χ2v) is 12.2. The first kappa shape index (κ1) is 40.6. The Morgan fingerprint density at radius 3 is 0.764 bits per heavy atom. The molecule has 0 radical (unpaired) electrons. The van der Waals surface area contributed by atoms with Crippen molar-refractivity contribution in [2.24, 2.45) is 0 Å². The van der Waals surface area contributed by atoms with Gasteiger partial charge in [0.15, 0.2) is 0 Å². The van der Waals surface area contributed by atoms with Crippen molar-refractivity contribution in [3.8, 4) is 0 Å². The third-order valence-electron chi connectivity index (χ3n) is 7.79. The Labute approximate surface area is 313 Å². The Balaban J connectivity index is 1.71. The molecule has 0 bridgehead atoms. The maximum atomic E-state index is 13.7. The summed E-state index contributed by atoms with van der Waals surface area (Å²) in [5, 5.41) is 20.2. The monoisotopic (exact) mass is 754 g/mol. The number of aliphatic carboxylic acids is 2. The number of carboxylic acid groups (broad SMARTS) is 2. The van der Waals surface area contributed by atoms with E-state index in [0.29, 0.717) is 0 Å². The van der Waals surface area contributed by atoms with Crippen LogP contribution in [-0.4, -0.2) is 82.4 Å². The second-order valence-electron chi connectivity index (χ2n) is 12.2. The lowest BCUT2D eigenvalue weighted by molar-refractivity contribution is -0.184. The predicted molar refractivity (Wildman–Crippen MR) is 188 cm³/mol. The van der Waals surface area contributed by atoms with Crippen molar-refractivity contribution in [1.82, 2.24) is 0 Å². The molecule has 0 heterocycles. The van der Waals surface area contributed by atoms with Crippen LogP contribution in [0.2, 0.25) is 0 Å². The van der Waals surface area contributed by atoms with Gasteiger partial charge in [0.05, 0.1) is 22.3 Å². The molecule has 0 saturated carbocycles. The molecule has 0 amide bonds. The molecule has 0 aliphatic rings. The third kappa shape index (κ3) is 10.9. The fraction of sp³-hybridized carbons (Fsp3) is 0.200. The number of hydrogen-bond acceptors (Lipinski definition) is 13. The van der Waals surface area contributed by atoms with Crippen LogP contribution in [0.25, 0.3) is 0 Å². The van der Waals surface area contributed by atoms with Crippen LogP contribution in [0.1, 0.15) is 63.7 Å². The highest BCUT2D eigenvalue weighted by Crippen LogP contribution is 2.19. The van der Waals surface area contributed by atoms with Gasteiger partial charge in [0.1, 0.15) is 0 Å². The molecule has 15 nitrogen and oxygen atoms in total. The van der Waals surface area contributed by atoms with Gasteiger partial charge in [0.25, 0.3) is 0 Å². The average Bonchev–Trinajstić information content (AvgIpc) is 3.14. The van der Waals surface area contributed by atoms with Gasteiger partial charge in [-0.05, 0) is 76.2 Å². The van der Waals surface area contributed by atoms with E-state index in [1.54, 1.807) is 27.7 Å². The first-order chi connectivity index (χ1) is 26.0. The normalized spacial score (nSPS) is 12.8. The molecule has 2 N–H and O–H groups in total. The van der Waals surface area contributed by atoms with E-state index in [4.69, 9.17) is 23.7 Å². The molecule has 4 unspecified atom stereocenters. The summed E-state index contributed by atoms with van der Waals surface area (Å²) in [6.45, 7) is 6.84. The van der Waals surface area contributed by atoms with Gasteiger partial charge < -0.3 is 33.9 Å². The van der Waals surface area contributed by atoms with Crippen molar-refractivity contribution in [3.05, 3.63) is 142 Å². The van der Waals surface area contributed by atoms with Crippen LogP contribution < -0.4 is 0 Å². The second kappa shape index (κ2) is 18.1. The Kier molecular flexibility index (Phi) is 13.3. The number of hydrogen-bond donors (Lipinski definition) is 2. The summed E-state index contributed by atoms with van der Waals surface area (Å²) >= 11 is 0. The highest BCUT2D eigenvalue weighted by atomic mass is 16.7. The summed E-state index contributed by atoms with van der Waals surface area (Å²) in [6.07, 6.45) is -10.7. The Bertz CT molecular complexity index is 1930. The summed E-state index contributed by atoms with van der Waals surface area (Å²) in [4.78, 5) is 105. The summed E-state index contributed by atoms with van der Waals surface area (Å²) in [5.74, 6) is -13.2. The zero-order valence-corrected chi connectivity index (χ0v) is 29.7. The van der Waals surface area contributed by atoms with E-state index in [1.807, 2.05) is 0 Å². The van der Waals surface area contributed by atoms with Gasteiger partial charge in [-0.2, -0.15) is 0 Å². The fourth-order valence-electron chi connectivity index (χ4n) is 4.66. The molecule has 4 aromatic carbocycles. The first-order valence-corrected chi connectivity index (χ1v) is 16.4. The molecule has 0 fully saturated rings. The minimum absolute atomic E-state index is 0.160. The number of carboxylic acids is 2. The molecule has 0 aliphatic heterocycles. The Hall–Kier alpha value is -7.16. The average molecular weight is 755 g/mol. The van der Waals surface area contributed by atoms with Gasteiger partial charge in [-0.25, -0.2) is 38.4 Å². The topological polar surface area (TPSA) is 223 Å². The van der Waals surface area contributed by atoms with E-state index in [0.717, 1.165) is 22.3 Å². The maximum Gasteiger partial charge on any atom is 0.359 e. The van der Waals surface area contributed by atoms with E-state index in [9.17, 15) is 48.6 Å². The number of benzene rings is 4. The van der Waals surface area contributed by atoms with Crippen LogP contribution in [0.4, 0.5) is 0 Å². The number of aryl methyl sites for hydroxylation is 4. The van der Waals surface area contributed by atoms with Crippen molar-refractivity contribution >= 4 is 47.8 Å². The molecular weight excluding hydrogens is 720 g/mol. The molecule has 0 aromatic heterocycles. The van der Waals surface area contributed by atoms with Gasteiger partial charge >= 0.3 is 47.8 Å². The minimum atomic E-state index is -2.71. The number of carbonyl (C=O) groups is 8. The zero-order chi connectivity index (χ0) is 40.4. The van der Waals surface area contributed by atoms with E-state index in [1.165, 1.54) is 97.1 Å². The molecule has 15 heteroatoms. The summed E-state index contributed by atoms with van der Waals surface area (Å²) in [7, 11) is 0. The van der Waals surface area contributed by atoms with Crippen LogP contribution >= 0.6 is 0 Å². The van der Waals surface area contributed by atoms with Crippen molar-refractivity contribution < 1.29 is 72.3 Å². The largest absolute Gasteiger partial charge is 0.478 e. The molecule has 0 spiro atoms. The Morgan fingerprint density at radius 2 is 0.564 bits per heavy atom. The molecule has 4 aromatic rings. The van der Waals surface area contributed by atoms with Crippen LogP contribution in [-0.2, 0) is 42.9 Å². The van der Waals surface area contributed by atoms with E-state index in [2.05, 4.69) is 0 Å². The Morgan fingerprint density at radius 1 is 0.364 bits per heavy atom. The third-order valence-corrected chi connectivity index (χ3v) is 7.79. The summed E-state index contributed by atoms with van der Waals surface area (Å²) < 4.78 is 25.3. The number of rotatable bonds is 14. The van der Waals surface area contributed by atoms with Crippen LogP contribution in [0, 0.1) is 27.7 Å². The lowest BCUT2D eigenvalue weighted by Crippen LogP contribution is -2.50. The molecule has 4 atom stereocenters. The number of carbonyl (C=O) groups excluding carboxylic acids is 6. The maximum absolute atomic E-state index is 13.7. The first-order valence-electron chi connectivity index (χ1n) is 16.4. The van der Waals surface area contributed by atoms with Crippen LogP contribution in [0.15, 0.2) is 97.1 Å². The van der Waals surface area contributed by atoms with Crippen LogP contribution in [0.3, 0.4) is 0 Å². The van der Waals surface area contributed by atoms with Gasteiger partial charge in [0, 0.05) is 0 Å². The van der Waals surface area contributed by atoms with Crippen molar-refractivity contribution in [2.75, 3.05) is 0 Å². The summed E-state index contributed by atoms with van der Waals surface area (Å²) in [6, 6.07) is 22.3. The quantitative estimate of drug-likeness (QED) is 0.104. The number of ether oxygens (including phenoxy) is 5. The van der Waals surface area contributed by atoms with Gasteiger partial charge in [0.2, 0.25) is 24.4 Å². The van der Waals surface area contributed by atoms with Crippen LogP contribution in [0.5, 0.6) is 0 Å². The zero-order valence-electron chi connectivity index (χ0n) is 29.7. The standard InChI is InChI=1S/C40H34O15/c1-21-5-13-25(14-6-21)35(45)51-29(33(41)42)31(53-37(47)27-17-9-23(3)10-18-27)39(49)55-40(50)32(54-38(48)28-19-11-24(4)12-20-28)30(34(43)44)52-36(46)26-15-7-22(2)8-16-26/h5-20,29-32H,1-4H3,(H,41,42)(H,43,44).